The molecular formula is C16H16N2. The fraction of sp³-hybridized carbons (Fsp3) is 0.188. The second-order valence-electron chi connectivity index (χ2n) is 4.55. The minimum Gasteiger partial charge on any atom is -0.368 e. The summed E-state index contributed by atoms with van der Waals surface area (Å²) in [6.45, 7) is 3.97. The summed E-state index contributed by atoms with van der Waals surface area (Å²) in [5.41, 5.74) is 5.02. The van der Waals surface area contributed by atoms with Crippen molar-refractivity contribution >= 4 is 5.84 Å². The zero-order valence-electron chi connectivity index (χ0n) is 10.5. The number of hydrogen-bond acceptors (Lipinski definition) is 2. The van der Waals surface area contributed by atoms with Gasteiger partial charge in [-0.1, -0.05) is 42.5 Å². The Labute approximate surface area is 107 Å². The van der Waals surface area contributed by atoms with Crippen LogP contribution in [0.4, 0.5) is 0 Å². The molecule has 0 aromatic heterocycles. The van der Waals surface area contributed by atoms with Crippen molar-refractivity contribution in [2.24, 2.45) is 4.99 Å². The Morgan fingerprint density at radius 2 is 1.83 bits per heavy atom. The molecule has 3 rings (SSSR count). The van der Waals surface area contributed by atoms with Gasteiger partial charge >= 0.3 is 0 Å². The first kappa shape index (κ1) is 11.0. The number of amidine groups is 1. The van der Waals surface area contributed by atoms with E-state index in [1.807, 2.05) is 0 Å². The molecule has 0 unspecified atom stereocenters. The summed E-state index contributed by atoms with van der Waals surface area (Å²) in [6, 6.07) is 17.0. The zero-order valence-corrected chi connectivity index (χ0v) is 10.5. The van der Waals surface area contributed by atoms with Crippen LogP contribution in [-0.2, 0) is 0 Å². The topological polar surface area (TPSA) is 24.4 Å². The van der Waals surface area contributed by atoms with Crippen LogP contribution in [0.15, 0.2) is 53.5 Å². The average Bonchev–Trinajstić information content (AvgIpc) is 2.93. The number of benzene rings is 2. The number of hydrogen-bond donors (Lipinski definition) is 1. The molecule has 0 aliphatic carbocycles. The predicted octanol–water partition coefficient (Wildman–Crippen LogP) is 3.01. The first-order chi connectivity index (χ1) is 8.84. The highest BCUT2D eigenvalue weighted by Gasteiger charge is 2.09. The van der Waals surface area contributed by atoms with Gasteiger partial charge in [0.2, 0.25) is 0 Å². The van der Waals surface area contributed by atoms with Gasteiger partial charge in [-0.15, -0.1) is 0 Å². The van der Waals surface area contributed by atoms with Crippen LogP contribution in [0.25, 0.3) is 11.1 Å². The summed E-state index contributed by atoms with van der Waals surface area (Å²) >= 11 is 0. The van der Waals surface area contributed by atoms with Gasteiger partial charge in [0.25, 0.3) is 0 Å². The molecule has 2 aromatic rings. The quantitative estimate of drug-likeness (QED) is 0.851. The van der Waals surface area contributed by atoms with E-state index in [1.54, 1.807) is 0 Å². The van der Waals surface area contributed by atoms with Gasteiger partial charge in [0.1, 0.15) is 5.84 Å². The maximum Gasteiger partial charge on any atom is 0.128 e. The molecule has 1 N–H and O–H groups in total. The van der Waals surface area contributed by atoms with Gasteiger partial charge in [-0.25, -0.2) is 0 Å². The number of nitrogens with one attached hydrogen (secondary N) is 1. The molecule has 0 bridgehead atoms. The minimum atomic E-state index is 0.879. The maximum absolute atomic E-state index is 4.47. The molecule has 90 valence electrons. The number of rotatable bonds is 2. The van der Waals surface area contributed by atoms with Gasteiger partial charge in [0.15, 0.2) is 0 Å². The van der Waals surface area contributed by atoms with Crippen LogP contribution in [0, 0.1) is 6.92 Å². The van der Waals surface area contributed by atoms with Gasteiger partial charge in [-0.2, -0.15) is 0 Å². The van der Waals surface area contributed by atoms with E-state index in [0.29, 0.717) is 0 Å². The molecule has 0 atom stereocenters. The van der Waals surface area contributed by atoms with E-state index >= 15 is 0 Å². The highest BCUT2D eigenvalue weighted by atomic mass is 15.1. The summed E-state index contributed by atoms with van der Waals surface area (Å²) in [5, 5.41) is 3.32. The molecule has 0 saturated heterocycles. The van der Waals surface area contributed by atoms with Crippen molar-refractivity contribution < 1.29 is 0 Å². The van der Waals surface area contributed by atoms with Crippen LogP contribution in [0.5, 0.6) is 0 Å². The molecule has 2 heteroatoms. The van der Waals surface area contributed by atoms with Crippen LogP contribution >= 0.6 is 0 Å². The molecule has 1 aliphatic rings. The summed E-state index contributed by atoms with van der Waals surface area (Å²) in [5.74, 6) is 1.02. The lowest BCUT2D eigenvalue weighted by Gasteiger charge is -2.08. The van der Waals surface area contributed by atoms with Crippen molar-refractivity contribution in [3.05, 3.63) is 59.7 Å². The van der Waals surface area contributed by atoms with Crippen molar-refractivity contribution in [1.29, 1.82) is 0 Å². The molecule has 0 saturated carbocycles. The number of aryl methyl sites for hydroxylation is 1. The first-order valence-corrected chi connectivity index (χ1v) is 6.29. The highest BCUT2D eigenvalue weighted by molar-refractivity contribution is 6.00. The summed E-state index contributed by atoms with van der Waals surface area (Å²) in [7, 11) is 0. The van der Waals surface area contributed by atoms with Crippen LogP contribution in [0.1, 0.15) is 11.1 Å². The highest BCUT2D eigenvalue weighted by Crippen LogP contribution is 2.24. The van der Waals surface area contributed by atoms with E-state index < -0.39 is 0 Å². The van der Waals surface area contributed by atoms with Gasteiger partial charge in [-0.3, -0.25) is 4.99 Å². The van der Waals surface area contributed by atoms with Crippen LogP contribution in [-0.4, -0.2) is 18.9 Å². The van der Waals surface area contributed by atoms with Crippen molar-refractivity contribution in [3.8, 4) is 11.1 Å². The van der Waals surface area contributed by atoms with Gasteiger partial charge in [-0.05, 0) is 29.7 Å². The molecule has 1 heterocycles. The predicted molar refractivity (Wildman–Crippen MR) is 76.0 cm³/mol. The van der Waals surface area contributed by atoms with Crippen molar-refractivity contribution in [3.63, 3.8) is 0 Å². The Kier molecular flexibility index (Phi) is 2.85. The molecule has 0 fully saturated rings. The molecule has 2 nitrogen and oxygen atoms in total. The van der Waals surface area contributed by atoms with E-state index in [0.717, 1.165) is 18.9 Å². The van der Waals surface area contributed by atoms with E-state index in [-0.39, 0.29) is 0 Å². The van der Waals surface area contributed by atoms with Gasteiger partial charge in [0, 0.05) is 12.1 Å². The molecule has 1 aliphatic heterocycles. The first-order valence-electron chi connectivity index (χ1n) is 6.29. The maximum atomic E-state index is 4.47. The van der Waals surface area contributed by atoms with Crippen LogP contribution in [0.3, 0.4) is 0 Å². The van der Waals surface area contributed by atoms with Gasteiger partial charge in [0.05, 0.1) is 6.54 Å². The Morgan fingerprint density at radius 1 is 1.00 bits per heavy atom. The monoisotopic (exact) mass is 236 g/mol. The number of aliphatic imine (C=N–C) groups is 1. The van der Waals surface area contributed by atoms with Crippen molar-refractivity contribution in [2.45, 2.75) is 6.92 Å². The lowest BCUT2D eigenvalue weighted by molar-refractivity contribution is 0.960. The third kappa shape index (κ3) is 2.02. The van der Waals surface area contributed by atoms with Crippen LogP contribution in [0.2, 0.25) is 0 Å². The molecule has 0 amide bonds. The Morgan fingerprint density at radius 3 is 2.61 bits per heavy atom. The van der Waals surface area contributed by atoms with E-state index in [9.17, 15) is 0 Å². The minimum absolute atomic E-state index is 0.879. The normalized spacial score (nSPS) is 14.2. The molecule has 0 radical (unpaired) electrons. The summed E-state index contributed by atoms with van der Waals surface area (Å²) < 4.78 is 0. The fourth-order valence-electron chi connectivity index (χ4n) is 2.32. The van der Waals surface area contributed by atoms with Gasteiger partial charge < -0.3 is 5.32 Å². The largest absolute Gasteiger partial charge is 0.368 e. The third-order valence-corrected chi connectivity index (χ3v) is 3.27. The number of nitrogens with zero attached hydrogens (tertiary/aromatic N) is 1. The lowest BCUT2D eigenvalue weighted by Crippen LogP contribution is -2.19. The Hall–Kier alpha value is -2.09. The third-order valence-electron chi connectivity index (χ3n) is 3.27. The SMILES string of the molecule is Cc1ccccc1-c1cccc(C2=NCCN2)c1. The second kappa shape index (κ2) is 4.65. The van der Waals surface area contributed by atoms with Crippen molar-refractivity contribution in [2.75, 3.05) is 13.1 Å². The smallest absolute Gasteiger partial charge is 0.128 e. The lowest BCUT2D eigenvalue weighted by atomic mass is 9.99. The molecule has 18 heavy (non-hydrogen) atoms. The van der Waals surface area contributed by atoms with Crippen molar-refractivity contribution in [1.82, 2.24) is 5.32 Å². The summed E-state index contributed by atoms with van der Waals surface area (Å²) in [4.78, 5) is 4.47. The average molecular weight is 236 g/mol. The molecule has 2 aromatic carbocycles. The van der Waals surface area contributed by atoms with E-state index in [2.05, 4.69) is 65.8 Å². The molecule has 0 spiro atoms. The molecular weight excluding hydrogens is 220 g/mol. The standard InChI is InChI=1S/C16H16N2/c1-12-5-2-3-8-15(12)13-6-4-7-14(11-13)16-17-9-10-18-16/h2-8,11H,9-10H2,1H3,(H,17,18). The Balaban J connectivity index is 2.04. The van der Waals surface area contributed by atoms with Crippen LogP contribution < -0.4 is 5.32 Å². The second-order valence-corrected chi connectivity index (χ2v) is 4.55. The fourth-order valence-corrected chi connectivity index (χ4v) is 2.32. The Bertz CT molecular complexity index is 600. The zero-order chi connectivity index (χ0) is 12.4. The van der Waals surface area contributed by atoms with E-state index in [4.69, 9.17) is 0 Å². The summed E-state index contributed by atoms with van der Waals surface area (Å²) in [6.07, 6.45) is 0. The van der Waals surface area contributed by atoms with E-state index in [1.165, 1.54) is 22.3 Å².